The second-order valence-corrected chi connectivity index (χ2v) is 5.64. The lowest BCUT2D eigenvalue weighted by Gasteiger charge is -2.05. The lowest BCUT2D eigenvalue weighted by molar-refractivity contribution is 0.0956. The molecule has 0 aliphatic rings. The smallest absolute Gasteiger partial charge is 0.252 e. The van der Waals surface area contributed by atoms with E-state index in [1.165, 1.54) is 11.1 Å². The highest BCUT2D eigenvalue weighted by Crippen LogP contribution is 2.12. The molecule has 0 aliphatic carbocycles. The van der Waals surface area contributed by atoms with Gasteiger partial charge in [-0.1, -0.05) is 29.8 Å². The minimum Gasteiger partial charge on any atom is -0.351 e. The Morgan fingerprint density at radius 1 is 1.30 bits per heavy atom. The SMILES string of the molecule is Cc1cccc(CSCCNC(=O)c2cccnc2)c1. The van der Waals surface area contributed by atoms with Crippen LogP contribution in [0.15, 0.2) is 48.8 Å². The van der Waals surface area contributed by atoms with Crippen molar-refractivity contribution in [1.82, 2.24) is 10.3 Å². The zero-order chi connectivity index (χ0) is 14.2. The van der Waals surface area contributed by atoms with E-state index in [0.717, 1.165) is 11.5 Å². The van der Waals surface area contributed by atoms with Crippen LogP contribution in [0, 0.1) is 6.92 Å². The molecule has 104 valence electrons. The molecule has 1 heterocycles. The molecule has 1 N–H and O–H groups in total. The van der Waals surface area contributed by atoms with Gasteiger partial charge >= 0.3 is 0 Å². The van der Waals surface area contributed by atoms with Crippen LogP contribution >= 0.6 is 11.8 Å². The van der Waals surface area contributed by atoms with E-state index in [2.05, 4.69) is 41.5 Å². The summed E-state index contributed by atoms with van der Waals surface area (Å²) in [5, 5.41) is 2.90. The van der Waals surface area contributed by atoms with Gasteiger partial charge in [-0.15, -0.1) is 0 Å². The van der Waals surface area contributed by atoms with E-state index in [4.69, 9.17) is 0 Å². The third-order valence-corrected chi connectivity index (χ3v) is 3.84. The number of amides is 1. The van der Waals surface area contributed by atoms with Crippen molar-refractivity contribution >= 4 is 17.7 Å². The van der Waals surface area contributed by atoms with Gasteiger partial charge in [0.05, 0.1) is 5.56 Å². The molecule has 0 radical (unpaired) electrons. The van der Waals surface area contributed by atoms with Gasteiger partial charge in [0.2, 0.25) is 0 Å². The molecular formula is C16H18N2OS. The summed E-state index contributed by atoms with van der Waals surface area (Å²) < 4.78 is 0. The van der Waals surface area contributed by atoms with Crippen molar-refractivity contribution in [3.05, 3.63) is 65.5 Å². The van der Waals surface area contributed by atoms with Crippen LogP contribution in [0.1, 0.15) is 21.5 Å². The standard InChI is InChI=1S/C16H18N2OS/c1-13-4-2-5-14(10-13)12-20-9-8-18-16(19)15-6-3-7-17-11-15/h2-7,10-11H,8-9,12H2,1H3,(H,18,19). The average Bonchev–Trinajstić information content (AvgIpc) is 2.48. The molecule has 1 aromatic carbocycles. The molecule has 0 fully saturated rings. The number of pyridine rings is 1. The molecule has 3 nitrogen and oxygen atoms in total. The number of rotatable bonds is 6. The second kappa shape index (κ2) is 7.70. The zero-order valence-electron chi connectivity index (χ0n) is 11.5. The lowest BCUT2D eigenvalue weighted by atomic mass is 10.2. The molecule has 1 amide bonds. The van der Waals surface area contributed by atoms with E-state index in [1.54, 1.807) is 24.5 Å². The molecule has 0 saturated heterocycles. The highest BCUT2D eigenvalue weighted by Gasteiger charge is 2.03. The Labute approximate surface area is 123 Å². The molecule has 2 rings (SSSR count). The van der Waals surface area contributed by atoms with Crippen LogP contribution in [-0.2, 0) is 5.75 Å². The molecule has 4 heteroatoms. The fourth-order valence-corrected chi connectivity index (χ4v) is 2.63. The third kappa shape index (κ3) is 4.70. The minimum atomic E-state index is -0.0609. The quantitative estimate of drug-likeness (QED) is 0.830. The number of aromatic nitrogens is 1. The highest BCUT2D eigenvalue weighted by molar-refractivity contribution is 7.98. The number of hydrogen-bond acceptors (Lipinski definition) is 3. The van der Waals surface area contributed by atoms with E-state index in [9.17, 15) is 4.79 Å². The molecule has 0 saturated carbocycles. The predicted octanol–water partition coefficient (Wildman–Crippen LogP) is 3.05. The van der Waals surface area contributed by atoms with Crippen LogP contribution < -0.4 is 5.32 Å². The van der Waals surface area contributed by atoms with E-state index in [-0.39, 0.29) is 5.91 Å². The zero-order valence-corrected chi connectivity index (χ0v) is 12.3. The van der Waals surface area contributed by atoms with Crippen molar-refractivity contribution in [3.63, 3.8) is 0 Å². The monoisotopic (exact) mass is 286 g/mol. The number of benzene rings is 1. The van der Waals surface area contributed by atoms with Gasteiger partial charge < -0.3 is 5.32 Å². The average molecular weight is 286 g/mol. The van der Waals surface area contributed by atoms with Crippen LogP contribution in [-0.4, -0.2) is 23.2 Å². The van der Waals surface area contributed by atoms with Crippen LogP contribution in [0.2, 0.25) is 0 Å². The van der Waals surface area contributed by atoms with E-state index < -0.39 is 0 Å². The third-order valence-electron chi connectivity index (χ3n) is 2.81. The molecule has 20 heavy (non-hydrogen) atoms. The van der Waals surface area contributed by atoms with Gasteiger partial charge in [0.1, 0.15) is 0 Å². The number of carbonyl (C=O) groups excluding carboxylic acids is 1. The van der Waals surface area contributed by atoms with Crippen LogP contribution in [0.4, 0.5) is 0 Å². The number of nitrogens with zero attached hydrogens (tertiary/aromatic N) is 1. The first-order valence-electron chi connectivity index (χ1n) is 6.57. The Balaban J connectivity index is 1.66. The summed E-state index contributed by atoms with van der Waals surface area (Å²) in [6.45, 7) is 2.77. The number of aryl methyl sites for hydroxylation is 1. The van der Waals surface area contributed by atoms with Gasteiger partial charge in [-0.2, -0.15) is 11.8 Å². The van der Waals surface area contributed by atoms with Gasteiger partial charge in [0, 0.05) is 30.4 Å². The number of hydrogen-bond donors (Lipinski definition) is 1. The summed E-state index contributed by atoms with van der Waals surface area (Å²) in [7, 11) is 0. The topological polar surface area (TPSA) is 42.0 Å². The molecule has 1 aromatic heterocycles. The first-order valence-corrected chi connectivity index (χ1v) is 7.73. The molecule has 0 atom stereocenters. The van der Waals surface area contributed by atoms with Gasteiger partial charge in [-0.05, 0) is 24.6 Å². The Morgan fingerprint density at radius 2 is 2.20 bits per heavy atom. The van der Waals surface area contributed by atoms with Crippen molar-refractivity contribution < 1.29 is 4.79 Å². The maximum atomic E-state index is 11.8. The number of nitrogens with one attached hydrogen (secondary N) is 1. The van der Waals surface area contributed by atoms with E-state index in [1.807, 2.05) is 11.8 Å². The molecule has 0 bridgehead atoms. The second-order valence-electron chi connectivity index (χ2n) is 4.54. The van der Waals surface area contributed by atoms with Crippen LogP contribution in [0.3, 0.4) is 0 Å². The van der Waals surface area contributed by atoms with Gasteiger partial charge in [0.15, 0.2) is 0 Å². The fraction of sp³-hybridized carbons (Fsp3) is 0.250. The highest BCUT2D eigenvalue weighted by atomic mass is 32.2. The van der Waals surface area contributed by atoms with E-state index >= 15 is 0 Å². The predicted molar refractivity (Wildman–Crippen MR) is 83.9 cm³/mol. The molecule has 0 unspecified atom stereocenters. The first kappa shape index (κ1) is 14.6. The van der Waals surface area contributed by atoms with Crippen LogP contribution in [0.5, 0.6) is 0 Å². The molecule has 0 aliphatic heterocycles. The van der Waals surface area contributed by atoms with Gasteiger partial charge in [0.25, 0.3) is 5.91 Å². The minimum absolute atomic E-state index is 0.0609. The normalized spacial score (nSPS) is 10.2. The van der Waals surface area contributed by atoms with E-state index in [0.29, 0.717) is 12.1 Å². The summed E-state index contributed by atoms with van der Waals surface area (Å²) >= 11 is 1.82. The number of carbonyl (C=O) groups is 1. The maximum Gasteiger partial charge on any atom is 0.252 e. The molecule has 2 aromatic rings. The van der Waals surface area contributed by atoms with Gasteiger partial charge in [-0.3, -0.25) is 9.78 Å². The summed E-state index contributed by atoms with van der Waals surface area (Å²) in [5.74, 6) is 1.82. The lowest BCUT2D eigenvalue weighted by Crippen LogP contribution is -2.25. The molecular weight excluding hydrogens is 268 g/mol. The number of thioether (sulfide) groups is 1. The fourth-order valence-electron chi connectivity index (χ4n) is 1.83. The first-order chi connectivity index (χ1) is 9.75. The van der Waals surface area contributed by atoms with Crippen molar-refractivity contribution in [2.75, 3.05) is 12.3 Å². The van der Waals surface area contributed by atoms with Crippen molar-refractivity contribution in [3.8, 4) is 0 Å². The Hall–Kier alpha value is -1.81. The summed E-state index contributed by atoms with van der Waals surface area (Å²) in [6.07, 6.45) is 3.24. The molecule has 0 spiro atoms. The van der Waals surface area contributed by atoms with Crippen molar-refractivity contribution in [2.45, 2.75) is 12.7 Å². The van der Waals surface area contributed by atoms with Crippen molar-refractivity contribution in [1.29, 1.82) is 0 Å². The van der Waals surface area contributed by atoms with Crippen molar-refractivity contribution in [2.24, 2.45) is 0 Å². The summed E-state index contributed by atoms with van der Waals surface area (Å²) in [5.41, 5.74) is 3.22. The maximum absolute atomic E-state index is 11.8. The van der Waals surface area contributed by atoms with Gasteiger partial charge in [-0.25, -0.2) is 0 Å². The largest absolute Gasteiger partial charge is 0.351 e. The summed E-state index contributed by atoms with van der Waals surface area (Å²) in [4.78, 5) is 15.7. The Morgan fingerprint density at radius 3 is 2.95 bits per heavy atom. The Kier molecular flexibility index (Phi) is 5.62. The van der Waals surface area contributed by atoms with Crippen LogP contribution in [0.25, 0.3) is 0 Å². The summed E-state index contributed by atoms with van der Waals surface area (Å²) in [6, 6.07) is 12.0. The Bertz CT molecular complexity index is 557.